The highest BCUT2D eigenvalue weighted by Gasteiger charge is 2.30. The lowest BCUT2D eigenvalue weighted by Crippen LogP contribution is -2.57. The van der Waals surface area contributed by atoms with Crippen LogP contribution in [0.5, 0.6) is 0 Å². The van der Waals surface area contributed by atoms with E-state index in [1.165, 1.54) is 0 Å². The van der Waals surface area contributed by atoms with E-state index in [2.05, 4.69) is 20.1 Å². The Morgan fingerprint density at radius 2 is 1.22 bits per heavy atom. The van der Waals surface area contributed by atoms with Crippen LogP contribution in [0.25, 0.3) is 0 Å². The van der Waals surface area contributed by atoms with Gasteiger partial charge in [0.15, 0.2) is 6.04 Å². The van der Waals surface area contributed by atoms with Gasteiger partial charge in [0.1, 0.15) is 12.6 Å². The van der Waals surface area contributed by atoms with Gasteiger partial charge in [0.2, 0.25) is 11.8 Å². The van der Waals surface area contributed by atoms with E-state index in [0.717, 1.165) is 0 Å². The van der Waals surface area contributed by atoms with Crippen molar-refractivity contribution in [2.45, 2.75) is 44.4 Å². The second-order valence-corrected chi connectivity index (χ2v) is 7.70. The predicted molar refractivity (Wildman–Crippen MR) is 122 cm³/mol. The summed E-state index contributed by atoms with van der Waals surface area (Å²) >= 11 is 0. The largest absolute Gasteiger partial charge is 0.459 e. The molecule has 0 spiro atoms. The molecule has 0 saturated heterocycles. The maximum atomic E-state index is 12.8. The monoisotopic (exact) mass is 529 g/mol. The highest BCUT2D eigenvalue weighted by molar-refractivity contribution is 5.92. The number of ether oxygens (including phenoxy) is 3. The van der Waals surface area contributed by atoms with Crippen LogP contribution in [0.4, 0.5) is 17.6 Å². The molecule has 202 valence electrons. The molecule has 0 aliphatic rings. The first kappa shape index (κ1) is 29.7. The first-order chi connectivity index (χ1) is 17.7. The minimum Gasteiger partial charge on any atom is -0.459 e. The third-order valence-corrected chi connectivity index (χ3v) is 4.87. The quantitative estimate of drug-likeness (QED) is 0.237. The van der Waals surface area contributed by atoms with Crippen molar-refractivity contribution in [2.75, 3.05) is 13.2 Å². The molecule has 2 aromatic rings. The summed E-state index contributed by atoms with van der Waals surface area (Å²) < 4.78 is 63.8. The number of halogens is 4. The number of carbonyl (C=O) groups excluding carboxylic acids is 3. The van der Waals surface area contributed by atoms with Crippen molar-refractivity contribution in [1.82, 2.24) is 10.6 Å². The van der Waals surface area contributed by atoms with E-state index >= 15 is 0 Å². The van der Waals surface area contributed by atoms with Crippen LogP contribution in [0.1, 0.15) is 11.1 Å². The standard InChI is InChI=1S/C24H27F4N3O6/c25-23(26)36-13-18(30-20(32)17(29)11-15-7-3-1-4-8-15)21(33)31-19(14-37-24(27)28)22(34)35-12-16-9-5-2-6-10-16/h1-10,17-19,23-24H,11-14,29H2,(H,30,32)(H,31,33)/t17-,18-,19-/m0/s1. The third kappa shape index (κ3) is 11.4. The fraction of sp³-hybridized carbons (Fsp3) is 0.375. The predicted octanol–water partition coefficient (Wildman–Crippen LogP) is 1.75. The molecule has 0 fully saturated rings. The first-order valence-electron chi connectivity index (χ1n) is 11.1. The van der Waals surface area contributed by atoms with Gasteiger partial charge in [-0.1, -0.05) is 60.7 Å². The van der Waals surface area contributed by atoms with Crippen LogP contribution in [0.15, 0.2) is 60.7 Å². The minimum absolute atomic E-state index is 0.0768. The van der Waals surface area contributed by atoms with E-state index in [9.17, 15) is 31.9 Å². The topological polar surface area (TPSA) is 129 Å². The first-order valence-corrected chi connectivity index (χ1v) is 11.1. The molecule has 4 N–H and O–H groups in total. The van der Waals surface area contributed by atoms with Gasteiger partial charge in [-0.2, -0.15) is 17.6 Å². The van der Waals surface area contributed by atoms with Gasteiger partial charge < -0.3 is 30.6 Å². The highest BCUT2D eigenvalue weighted by Crippen LogP contribution is 2.06. The summed E-state index contributed by atoms with van der Waals surface area (Å²) in [6, 6.07) is 12.4. The van der Waals surface area contributed by atoms with Crippen LogP contribution in [-0.2, 0) is 41.6 Å². The average molecular weight is 529 g/mol. The van der Waals surface area contributed by atoms with Gasteiger partial charge in [-0.3, -0.25) is 9.59 Å². The highest BCUT2D eigenvalue weighted by atomic mass is 19.3. The van der Waals surface area contributed by atoms with Crippen LogP contribution in [0.3, 0.4) is 0 Å². The maximum absolute atomic E-state index is 12.8. The van der Waals surface area contributed by atoms with E-state index in [1.807, 2.05) is 0 Å². The Balaban J connectivity index is 2.07. The Morgan fingerprint density at radius 3 is 1.76 bits per heavy atom. The number of benzene rings is 2. The van der Waals surface area contributed by atoms with Gasteiger partial charge in [0.25, 0.3) is 0 Å². The number of esters is 1. The zero-order valence-corrected chi connectivity index (χ0v) is 19.5. The molecule has 0 unspecified atom stereocenters. The van der Waals surface area contributed by atoms with Crippen molar-refractivity contribution in [3.63, 3.8) is 0 Å². The Bertz CT molecular complexity index is 985. The van der Waals surface area contributed by atoms with Crippen molar-refractivity contribution in [3.05, 3.63) is 71.8 Å². The Kier molecular flexibility index (Phi) is 12.5. The molecule has 37 heavy (non-hydrogen) atoms. The lowest BCUT2D eigenvalue weighted by atomic mass is 10.1. The molecule has 0 aromatic heterocycles. The van der Waals surface area contributed by atoms with Crippen LogP contribution in [-0.4, -0.2) is 62.3 Å². The molecule has 2 rings (SSSR count). The molecule has 0 aliphatic heterocycles. The fourth-order valence-electron chi connectivity index (χ4n) is 3.03. The van der Waals surface area contributed by atoms with Crippen molar-refractivity contribution in [2.24, 2.45) is 5.73 Å². The minimum atomic E-state index is -3.28. The lowest BCUT2D eigenvalue weighted by molar-refractivity contribution is -0.163. The molecular weight excluding hydrogens is 502 g/mol. The summed E-state index contributed by atoms with van der Waals surface area (Å²) in [6.45, 7) is -8.76. The summed E-state index contributed by atoms with van der Waals surface area (Å²) in [7, 11) is 0. The Labute approximate surface area is 210 Å². The summed E-state index contributed by atoms with van der Waals surface area (Å²) in [4.78, 5) is 37.8. The molecule has 0 aliphatic carbocycles. The van der Waals surface area contributed by atoms with Crippen molar-refractivity contribution in [3.8, 4) is 0 Å². The van der Waals surface area contributed by atoms with Gasteiger partial charge in [0, 0.05) is 0 Å². The molecule has 0 bridgehead atoms. The second-order valence-electron chi connectivity index (χ2n) is 7.70. The molecule has 13 heteroatoms. The second kappa shape index (κ2) is 15.5. The van der Waals surface area contributed by atoms with Gasteiger partial charge >= 0.3 is 19.2 Å². The van der Waals surface area contributed by atoms with Gasteiger partial charge in [-0.15, -0.1) is 0 Å². The number of alkyl halides is 4. The summed E-state index contributed by atoms with van der Waals surface area (Å²) in [6.07, 6.45) is 0.0768. The van der Waals surface area contributed by atoms with E-state index in [1.54, 1.807) is 60.7 Å². The fourth-order valence-corrected chi connectivity index (χ4v) is 3.03. The Morgan fingerprint density at radius 1 is 0.730 bits per heavy atom. The smallest absolute Gasteiger partial charge is 0.345 e. The van der Waals surface area contributed by atoms with E-state index < -0.39 is 62.3 Å². The molecule has 0 heterocycles. The molecule has 3 atom stereocenters. The zero-order chi connectivity index (χ0) is 27.2. The average Bonchev–Trinajstić information content (AvgIpc) is 2.88. The molecule has 2 amide bonds. The molecule has 0 saturated carbocycles. The van der Waals surface area contributed by atoms with Gasteiger partial charge in [-0.05, 0) is 17.5 Å². The van der Waals surface area contributed by atoms with E-state index in [0.29, 0.717) is 11.1 Å². The third-order valence-electron chi connectivity index (χ3n) is 4.87. The van der Waals surface area contributed by atoms with E-state index in [-0.39, 0.29) is 13.0 Å². The van der Waals surface area contributed by atoms with Gasteiger partial charge in [0.05, 0.1) is 19.3 Å². The Hall–Kier alpha value is -3.55. The van der Waals surface area contributed by atoms with Crippen LogP contribution < -0.4 is 16.4 Å². The van der Waals surface area contributed by atoms with Crippen LogP contribution in [0.2, 0.25) is 0 Å². The van der Waals surface area contributed by atoms with Gasteiger partial charge in [-0.25, -0.2) is 4.79 Å². The number of hydrogen-bond donors (Lipinski definition) is 3. The molecular formula is C24H27F4N3O6. The molecule has 2 aromatic carbocycles. The zero-order valence-electron chi connectivity index (χ0n) is 19.5. The van der Waals surface area contributed by atoms with Crippen molar-refractivity contribution < 1.29 is 46.2 Å². The van der Waals surface area contributed by atoms with Crippen LogP contribution >= 0.6 is 0 Å². The number of hydrogen-bond acceptors (Lipinski definition) is 7. The van der Waals surface area contributed by atoms with Crippen molar-refractivity contribution in [1.29, 1.82) is 0 Å². The van der Waals surface area contributed by atoms with Crippen LogP contribution in [0, 0.1) is 0 Å². The molecule has 9 nitrogen and oxygen atoms in total. The number of nitrogens with one attached hydrogen (secondary N) is 2. The van der Waals surface area contributed by atoms with E-state index in [4.69, 9.17) is 10.5 Å². The SMILES string of the molecule is N[C@@H](Cc1ccccc1)C(=O)N[C@@H](COC(F)F)C(=O)N[C@@H](COC(F)F)C(=O)OCc1ccccc1. The summed E-state index contributed by atoms with van der Waals surface area (Å²) in [5.74, 6) is -3.17. The lowest BCUT2D eigenvalue weighted by Gasteiger charge is -2.23. The van der Waals surface area contributed by atoms with Crippen molar-refractivity contribution >= 4 is 17.8 Å². The number of amides is 2. The normalized spacial score (nSPS) is 13.6. The summed E-state index contributed by atoms with van der Waals surface area (Å²) in [5, 5.41) is 4.26. The molecule has 0 radical (unpaired) electrons. The number of carbonyl (C=O) groups is 3. The number of rotatable bonds is 15. The summed E-state index contributed by atoms with van der Waals surface area (Å²) in [5.41, 5.74) is 7.16. The maximum Gasteiger partial charge on any atom is 0.345 e. The number of nitrogens with two attached hydrogens (primary N) is 1.